The molecule has 0 amide bonds. The third-order valence-corrected chi connectivity index (χ3v) is 6.47. The molecule has 0 bridgehead atoms. The van der Waals surface area contributed by atoms with Gasteiger partial charge in [-0.25, -0.2) is 22.8 Å². The van der Waals surface area contributed by atoms with Crippen LogP contribution in [0.2, 0.25) is 0 Å². The molecule has 0 aliphatic rings. The van der Waals surface area contributed by atoms with E-state index in [-0.39, 0.29) is 41.3 Å². The van der Waals surface area contributed by atoms with Gasteiger partial charge in [-0.1, -0.05) is 12.1 Å². The highest BCUT2D eigenvalue weighted by Gasteiger charge is 2.25. The lowest BCUT2D eigenvalue weighted by Crippen LogP contribution is -2.21. The third-order valence-electron chi connectivity index (χ3n) is 5.23. The number of sulfonamides is 1. The maximum atomic E-state index is 13.5. The van der Waals surface area contributed by atoms with Gasteiger partial charge in [-0.2, -0.15) is 10.2 Å². The number of hydrogen-bond acceptors (Lipinski definition) is 11. The predicted octanol–water partition coefficient (Wildman–Crippen LogP) is 2.14. The lowest BCUT2D eigenvalue weighted by Gasteiger charge is -2.14. The first-order valence-corrected chi connectivity index (χ1v) is 12.5. The summed E-state index contributed by atoms with van der Waals surface area (Å²) in [6.07, 6.45) is 1.30. The summed E-state index contributed by atoms with van der Waals surface area (Å²) in [6.45, 7) is 0. The number of ether oxygens (including phenoxy) is 3. The van der Waals surface area contributed by atoms with Crippen molar-refractivity contribution in [3.8, 4) is 41.0 Å². The zero-order chi connectivity index (χ0) is 27.3. The van der Waals surface area contributed by atoms with Crippen LogP contribution in [0.3, 0.4) is 0 Å². The van der Waals surface area contributed by atoms with Crippen molar-refractivity contribution in [1.82, 2.24) is 29.7 Å². The molecule has 0 radical (unpaired) electrons. The van der Waals surface area contributed by atoms with E-state index in [1.54, 1.807) is 18.2 Å². The van der Waals surface area contributed by atoms with Crippen LogP contribution in [0.5, 0.6) is 17.8 Å². The van der Waals surface area contributed by atoms with Gasteiger partial charge in [0.15, 0.2) is 5.82 Å². The normalized spacial score (nSPS) is 11.0. The second-order valence-electron chi connectivity index (χ2n) is 7.58. The number of hydrogen-bond donors (Lipinski definition) is 1. The van der Waals surface area contributed by atoms with E-state index in [4.69, 9.17) is 14.2 Å². The van der Waals surface area contributed by atoms with Gasteiger partial charge < -0.3 is 14.2 Å². The van der Waals surface area contributed by atoms with Crippen LogP contribution in [0.4, 0.5) is 10.3 Å². The summed E-state index contributed by atoms with van der Waals surface area (Å²) in [7, 11) is 0.173. The van der Waals surface area contributed by atoms with E-state index in [1.807, 2.05) is 6.07 Å². The lowest BCUT2D eigenvalue weighted by molar-refractivity contribution is 0.351. The van der Waals surface area contributed by atoms with E-state index in [2.05, 4.69) is 29.9 Å². The molecule has 0 atom stereocenters. The van der Waals surface area contributed by atoms with Crippen LogP contribution in [0, 0.1) is 17.1 Å². The van der Waals surface area contributed by atoms with Crippen molar-refractivity contribution < 1.29 is 27.0 Å². The molecule has 0 spiro atoms. The highest BCUT2D eigenvalue weighted by molar-refractivity contribution is 7.92. The van der Waals surface area contributed by atoms with Crippen molar-refractivity contribution in [2.75, 3.05) is 31.8 Å². The maximum absolute atomic E-state index is 13.5. The van der Waals surface area contributed by atoms with Crippen LogP contribution >= 0.6 is 0 Å². The van der Waals surface area contributed by atoms with Crippen molar-refractivity contribution in [3.63, 3.8) is 0 Å². The zero-order valence-corrected chi connectivity index (χ0v) is 21.2. The standard InChI is InChI=1S/C23H21FN8O5S/c1-35-19-6-4-5-17(27-19)20-29-30-22(32(20)18-13-26-23(37-3)28-21(18)36-2)31-38(33,34)10-9-14-7-8-16(24)11-15(14)12-25/h4-8,11,13H,9-10H2,1-3H3,(H,30,31). The molecule has 3 heterocycles. The Morgan fingerprint density at radius 1 is 1.08 bits per heavy atom. The number of methoxy groups -OCH3 is 3. The van der Waals surface area contributed by atoms with Crippen molar-refractivity contribution in [2.24, 2.45) is 0 Å². The number of halogens is 1. The summed E-state index contributed by atoms with van der Waals surface area (Å²) in [5.74, 6) is -0.733. The van der Waals surface area contributed by atoms with Gasteiger partial charge in [-0.05, 0) is 30.2 Å². The number of nitrogens with zero attached hydrogens (tertiary/aromatic N) is 7. The minimum absolute atomic E-state index is 0.0226. The number of benzene rings is 1. The zero-order valence-electron chi connectivity index (χ0n) is 20.4. The molecule has 0 unspecified atom stereocenters. The van der Waals surface area contributed by atoms with Crippen molar-refractivity contribution >= 4 is 16.0 Å². The summed E-state index contributed by atoms with van der Waals surface area (Å²) in [5, 5.41) is 17.4. The largest absolute Gasteiger partial charge is 0.481 e. The second-order valence-corrected chi connectivity index (χ2v) is 9.43. The fourth-order valence-electron chi connectivity index (χ4n) is 3.45. The van der Waals surface area contributed by atoms with Crippen LogP contribution < -0.4 is 18.9 Å². The van der Waals surface area contributed by atoms with E-state index in [0.29, 0.717) is 17.1 Å². The quantitative estimate of drug-likeness (QED) is 0.313. The first kappa shape index (κ1) is 26.2. The number of rotatable bonds is 10. The summed E-state index contributed by atoms with van der Waals surface area (Å²) in [6, 6.07) is 10.4. The van der Waals surface area contributed by atoms with Gasteiger partial charge in [-0.3, -0.25) is 9.29 Å². The number of nitriles is 1. The molecule has 4 aromatic rings. The fraction of sp³-hybridized carbons (Fsp3) is 0.217. The van der Waals surface area contributed by atoms with Crippen molar-refractivity contribution in [3.05, 3.63) is 59.5 Å². The van der Waals surface area contributed by atoms with Gasteiger partial charge in [0, 0.05) is 6.07 Å². The average Bonchev–Trinajstić information content (AvgIpc) is 3.34. The molecule has 0 aliphatic heterocycles. The molecule has 13 nitrogen and oxygen atoms in total. The summed E-state index contributed by atoms with van der Waals surface area (Å²) in [4.78, 5) is 12.6. The molecule has 0 aliphatic carbocycles. The van der Waals surface area contributed by atoms with Crippen LogP contribution in [0.1, 0.15) is 11.1 Å². The molecule has 1 aromatic carbocycles. The van der Waals surface area contributed by atoms with Crippen LogP contribution in [-0.4, -0.2) is 65.2 Å². The minimum Gasteiger partial charge on any atom is -0.481 e. The van der Waals surface area contributed by atoms with Gasteiger partial charge in [-0.15, -0.1) is 10.2 Å². The van der Waals surface area contributed by atoms with Gasteiger partial charge >= 0.3 is 6.01 Å². The number of aryl methyl sites for hydroxylation is 1. The Morgan fingerprint density at radius 3 is 2.61 bits per heavy atom. The third kappa shape index (κ3) is 5.60. The summed E-state index contributed by atoms with van der Waals surface area (Å²) in [5.41, 5.74) is 0.938. The molecule has 0 fully saturated rings. The Balaban J connectivity index is 1.75. The molecule has 0 saturated heterocycles. The van der Waals surface area contributed by atoms with E-state index in [0.717, 1.165) is 12.1 Å². The molecule has 38 heavy (non-hydrogen) atoms. The lowest BCUT2D eigenvalue weighted by atomic mass is 10.1. The summed E-state index contributed by atoms with van der Waals surface area (Å²) < 4.78 is 58.9. The van der Waals surface area contributed by atoms with E-state index < -0.39 is 21.6 Å². The minimum atomic E-state index is -4.04. The Kier molecular flexibility index (Phi) is 7.63. The van der Waals surface area contributed by atoms with Crippen LogP contribution in [0.15, 0.2) is 42.6 Å². The molecule has 3 aromatic heterocycles. The van der Waals surface area contributed by atoms with Crippen molar-refractivity contribution in [2.45, 2.75) is 6.42 Å². The molecule has 4 rings (SSSR count). The molecular formula is C23H21FN8O5S. The Hall–Kier alpha value is -4.84. The molecule has 1 N–H and O–H groups in total. The number of nitrogens with one attached hydrogen (secondary N) is 1. The van der Waals surface area contributed by atoms with E-state index in [9.17, 15) is 18.1 Å². The van der Waals surface area contributed by atoms with E-state index in [1.165, 1.54) is 38.2 Å². The Morgan fingerprint density at radius 2 is 1.89 bits per heavy atom. The first-order valence-electron chi connectivity index (χ1n) is 10.9. The van der Waals surface area contributed by atoms with Gasteiger partial charge in [0.25, 0.3) is 0 Å². The first-order chi connectivity index (χ1) is 18.3. The Labute approximate surface area is 216 Å². The highest BCUT2D eigenvalue weighted by Crippen LogP contribution is 2.30. The van der Waals surface area contributed by atoms with E-state index >= 15 is 0 Å². The van der Waals surface area contributed by atoms with Gasteiger partial charge in [0.1, 0.15) is 17.2 Å². The number of pyridine rings is 1. The van der Waals surface area contributed by atoms with Gasteiger partial charge in [0.2, 0.25) is 27.7 Å². The van der Waals surface area contributed by atoms with Crippen LogP contribution in [0.25, 0.3) is 17.2 Å². The maximum Gasteiger partial charge on any atom is 0.319 e. The molecule has 196 valence electrons. The fourth-order valence-corrected chi connectivity index (χ4v) is 4.45. The molecule has 15 heteroatoms. The topological polar surface area (TPSA) is 167 Å². The molecule has 0 saturated carbocycles. The SMILES string of the molecule is COc1cccc(-c2nnc(NS(=O)(=O)CCc3ccc(F)cc3C#N)n2-c2cnc(OC)nc2OC)n1. The monoisotopic (exact) mass is 540 g/mol. The Bertz CT molecular complexity index is 1620. The van der Waals surface area contributed by atoms with Crippen LogP contribution in [-0.2, 0) is 16.4 Å². The predicted molar refractivity (Wildman–Crippen MR) is 132 cm³/mol. The highest BCUT2D eigenvalue weighted by atomic mass is 32.2. The number of aromatic nitrogens is 6. The smallest absolute Gasteiger partial charge is 0.319 e. The average molecular weight is 541 g/mol. The number of anilines is 1. The molecular weight excluding hydrogens is 519 g/mol. The second kappa shape index (κ2) is 11.0. The van der Waals surface area contributed by atoms with Crippen molar-refractivity contribution in [1.29, 1.82) is 5.26 Å². The summed E-state index contributed by atoms with van der Waals surface area (Å²) >= 11 is 0. The van der Waals surface area contributed by atoms with Gasteiger partial charge in [0.05, 0.1) is 44.9 Å².